The third kappa shape index (κ3) is 7.75. The molecule has 142 valence electrons. The summed E-state index contributed by atoms with van der Waals surface area (Å²) in [6.45, 7) is 4.45. The summed E-state index contributed by atoms with van der Waals surface area (Å²) in [6, 6.07) is 5.72. The average Bonchev–Trinajstić information content (AvgIpc) is 3.15. The zero-order valence-corrected chi connectivity index (χ0v) is 17.0. The number of nitrogens with zero attached hydrogens (tertiary/aromatic N) is 4. The molecule has 0 aromatic carbocycles. The first-order valence-corrected chi connectivity index (χ1v) is 10.6. The molecule has 0 atom stereocenters. The quantitative estimate of drug-likeness (QED) is 0.594. The minimum absolute atomic E-state index is 1.02. The van der Waals surface area contributed by atoms with Crippen molar-refractivity contribution in [3.63, 3.8) is 0 Å². The molecule has 0 saturated carbocycles. The van der Waals surface area contributed by atoms with E-state index < -0.39 is 0 Å². The topological polar surface area (TPSA) is 41.9 Å². The second kappa shape index (κ2) is 12.7. The van der Waals surface area contributed by atoms with Crippen LogP contribution < -0.4 is 0 Å². The summed E-state index contributed by atoms with van der Waals surface area (Å²) in [6.07, 6.45) is 16.1. The number of rotatable bonds is 8. The molecule has 0 bridgehead atoms. The average molecular weight is 373 g/mol. The van der Waals surface area contributed by atoms with Crippen molar-refractivity contribution in [2.75, 3.05) is 20.1 Å². The molecule has 3 rings (SSSR count). The van der Waals surface area contributed by atoms with Gasteiger partial charge in [-0.15, -0.1) is 0 Å². The molecule has 1 aliphatic heterocycles. The molecule has 26 heavy (non-hydrogen) atoms. The Morgan fingerprint density at radius 3 is 2.42 bits per heavy atom. The lowest BCUT2D eigenvalue weighted by Crippen LogP contribution is -2.25. The second-order valence-electron chi connectivity index (χ2n) is 6.86. The normalized spacial score (nSPS) is 14.5. The van der Waals surface area contributed by atoms with Gasteiger partial charge in [-0.25, -0.2) is 0 Å². The number of likely N-dealkylation sites (N-methyl/N-ethyl adjacent to an activating group) is 1. The Morgan fingerprint density at radius 1 is 1.00 bits per heavy atom. The van der Waals surface area contributed by atoms with Crippen LogP contribution >= 0.6 is 11.7 Å². The van der Waals surface area contributed by atoms with Gasteiger partial charge < -0.3 is 4.90 Å². The number of unbranched alkanes of at least 4 members (excludes halogenated alkanes) is 5. The van der Waals surface area contributed by atoms with Crippen molar-refractivity contribution in [3.8, 4) is 0 Å². The molecule has 0 fully saturated rings. The van der Waals surface area contributed by atoms with Crippen LogP contribution in [0.25, 0.3) is 5.57 Å². The van der Waals surface area contributed by atoms with Crippen LogP contribution in [0.1, 0.15) is 63.3 Å². The van der Waals surface area contributed by atoms with Gasteiger partial charge in [0.15, 0.2) is 0 Å². The fourth-order valence-corrected chi connectivity index (χ4v) is 3.69. The molecule has 2 aromatic rings. The van der Waals surface area contributed by atoms with Gasteiger partial charge in [0.2, 0.25) is 0 Å². The van der Waals surface area contributed by atoms with Crippen LogP contribution in [0, 0.1) is 0 Å². The molecule has 0 spiro atoms. The summed E-state index contributed by atoms with van der Waals surface area (Å²) in [5, 5.41) is 0. The van der Waals surface area contributed by atoms with Crippen LogP contribution in [0.15, 0.2) is 36.7 Å². The summed E-state index contributed by atoms with van der Waals surface area (Å²) >= 11 is 1.37. The van der Waals surface area contributed by atoms with E-state index in [-0.39, 0.29) is 0 Å². The van der Waals surface area contributed by atoms with Crippen LogP contribution in [0.3, 0.4) is 0 Å². The maximum absolute atomic E-state index is 4.54. The van der Waals surface area contributed by atoms with Gasteiger partial charge >= 0.3 is 0 Å². The molecule has 0 unspecified atom stereocenters. The summed E-state index contributed by atoms with van der Waals surface area (Å²) in [5.74, 6) is 0. The lowest BCUT2D eigenvalue weighted by atomic mass is 10.0. The van der Waals surface area contributed by atoms with Crippen molar-refractivity contribution >= 4 is 17.3 Å². The van der Waals surface area contributed by atoms with E-state index in [1.807, 2.05) is 18.2 Å². The molecule has 1 aliphatic rings. The van der Waals surface area contributed by atoms with E-state index in [1.54, 1.807) is 12.4 Å². The third-order valence-electron chi connectivity index (χ3n) is 4.54. The summed E-state index contributed by atoms with van der Waals surface area (Å²) < 4.78 is 9.06. The minimum atomic E-state index is 1.02. The van der Waals surface area contributed by atoms with E-state index in [2.05, 4.69) is 38.7 Å². The first-order valence-electron chi connectivity index (χ1n) is 9.85. The second-order valence-corrected chi connectivity index (χ2v) is 7.39. The van der Waals surface area contributed by atoms with Gasteiger partial charge in [-0.05, 0) is 44.0 Å². The van der Waals surface area contributed by atoms with Crippen LogP contribution in [-0.4, -0.2) is 38.8 Å². The van der Waals surface area contributed by atoms with Gasteiger partial charge in [-0.3, -0.25) is 4.98 Å². The highest BCUT2D eigenvalue weighted by atomic mass is 32.1. The Morgan fingerprint density at radius 2 is 1.77 bits per heavy atom. The molecule has 0 N–H and O–H groups in total. The van der Waals surface area contributed by atoms with Crippen molar-refractivity contribution in [2.45, 2.75) is 58.3 Å². The number of aryl methyl sites for hydroxylation is 1. The Kier molecular flexibility index (Phi) is 10.1. The van der Waals surface area contributed by atoms with Crippen LogP contribution in [0.2, 0.25) is 0 Å². The van der Waals surface area contributed by atoms with Crippen LogP contribution in [-0.2, 0) is 6.42 Å². The predicted molar refractivity (Wildman–Crippen MR) is 111 cm³/mol. The summed E-state index contributed by atoms with van der Waals surface area (Å²) in [7, 11) is 2.18. The molecular formula is C21H32N4S. The van der Waals surface area contributed by atoms with Gasteiger partial charge in [0.1, 0.15) is 5.69 Å². The maximum atomic E-state index is 4.54. The first kappa shape index (κ1) is 20.7. The van der Waals surface area contributed by atoms with E-state index in [4.69, 9.17) is 0 Å². The van der Waals surface area contributed by atoms with Crippen LogP contribution in [0.4, 0.5) is 0 Å². The summed E-state index contributed by atoms with van der Waals surface area (Å²) in [5.41, 5.74) is 3.79. The lowest BCUT2D eigenvalue weighted by molar-refractivity contribution is 0.372. The number of hydrogen-bond donors (Lipinski definition) is 0. The molecule has 2 aromatic heterocycles. The standard InChI is InChI=1S/C16H27N3S.C5H5N/c1-3-4-5-6-7-8-11-15-16(18-20-17-15)14-10-9-12-19(2)13-14;1-2-4-6-5-3-1/h10H,3-9,11-13H2,1-2H3;1-5H. The SMILES string of the molecule is CCCCCCCCc1nsnc1C1=CCCN(C)C1.c1ccncc1. The Bertz CT molecular complexity index is 597. The van der Waals surface area contributed by atoms with E-state index >= 15 is 0 Å². The monoisotopic (exact) mass is 372 g/mol. The molecule has 0 amide bonds. The van der Waals surface area contributed by atoms with Crippen LogP contribution in [0.5, 0.6) is 0 Å². The van der Waals surface area contributed by atoms with Gasteiger partial charge in [0, 0.05) is 25.5 Å². The summed E-state index contributed by atoms with van der Waals surface area (Å²) in [4.78, 5) is 6.15. The Hall–Kier alpha value is -1.59. The smallest absolute Gasteiger partial charge is 0.104 e. The number of pyridine rings is 1. The highest BCUT2D eigenvalue weighted by Gasteiger charge is 2.16. The van der Waals surface area contributed by atoms with Crippen molar-refractivity contribution in [2.24, 2.45) is 0 Å². The van der Waals surface area contributed by atoms with E-state index in [9.17, 15) is 0 Å². The van der Waals surface area contributed by atoms with E-state index in [0.717, 1.165) is 25.9 Å². The van der Waals surface area contributed by atoms with Crippen molar-refractivity contribution in [3.05, 3.63) is 48.1 Å². The molecule has 5 heteroatoms. The minimum Gasteiger partial charge on any atom is -0.302 e. The maximum Gasteiger partial charge on any atom is 0.104 e. The molecule has 0 saturated heterocycles. The zero-order chi connectivity index (χ0) is 18.5. The number of aromatic nitrogens is 3. The zero-order valence-electron chi connectivity index (χ0n) is 16.2. The van der Waals surface area contributed by atoms with Crippen molar-refractivity contribution in [1.82, 2.24) is 18.6 Å². The van der Waals surface area contributed by atoms with Gasteiger partial charge in [0.05, 0.1) is 17.4 Å². The Balaban J connectivity index is 0.000000342. The first-order chi connectivity index (χ1) is 12.8. The Labute approximate surface area is 162 Å². The largest absolute Gasteiger partial charge is 0.302 e. The molecule has 0 radical (unpaired) electrons. The molecule has 3 heterocycles. The molecular weight excluding hydrogens is 340 g/mol. The fraction of sp³-hybridized carbons (Fsp3) is 0.571. The van der Waals surface area contributed by atoms with Gasteiger partial charge in [-0.2, -0.15) is 8.75 Å². The number of hydrogen-bond acceptors (Lipinski definition) is 5. The van der Waals surface area contributed by atoms with Crippen molar-refractivity contribution < 1.29 is 0 Å². The molecule has 0 aliphatic carbocycles. The predicted octanol–water partition coefficient (Wildman–Crippen LogP) is 5.24. The fourth-order valence-electron chi connectivity index (χ4n) is 3.06. The van der Waals surface area contributed by atoms with Gasteiger partial charge in [0.25, 0.3) is 0 Å². The van der Waals surface area contributed by atoms with Crippen molar-refractivity contribution in [1.29, 1.82) is 0 Å². The highest BCUT2D eigenvalue weighted by molar-refractivity contribution is 6.99. The highest BCUT2D eigenvalue weighted by Crippen LogP contribution is 2.23. The lowest BCUT2D eigenvalue weighted by Gasteiger charge is -2.22. The van der Waals surface area contributed by atoms with E-state index in [1.165, 1.54) is 67.2 Å². The van der Waals surface area contributed by atoms with Gasteiger partial charge in [-0.1, -0.05) is 51.2 Å². The third-order valence-corrected chi connectivity index (χ3v) is 5.10. The van der Waals surface area contributed by atoms with E-state index in [0.29, 0.717) is 0 Å². The molecule has 4 nitrogen and oxygen atoms in total.